The number of hydrogen-bond donors (Lipinski definition) is 4. The quantitative estimate of drug-likeness (QED) is 0.418. The third kappa shape index (κ3) is 6.70. The molecule has 1 atom stereocenters. The lowest BCUT2D eigenvalue weighted by Gasteiger charge is -2.25. The molecule has 1 amide bonds. The SMILES string of the molecule is CCNC(=NCC(=O)Nc1cccc(CC)c1)NCC(C)(O)c1ccccc1. The number of anilines is 1. The molecule has 0 aliphatic rings. The molecule has 6 heteroatoms. The Morgan fingerprint density at radius 3 is 2.50 bits per heavy atom. The van der Waals surface area contributed by atoms with Crippen molar-refractivity contribution in [2.75, 3.05) is 25.0 Å². The molecule has 0 fully saturated rings. The first kappa shape index (κ1) is 21.4. The highest BCUT2D eigenvalue weighted by Crippen LogP contribution is 2.18. The molecule has 2 aromatic carbocycles. The third-order valence-corrected chi connectivity index (χ3v) is 4.34. The predicted octanol–water partition coefficient (Wildman–Crippen LogP) is 2.65. The monoisotopic (exact) mass is 382 g/mol. The van der Waals surface area contributed by atoms with Crippen molar-refractivity contribution in [2.45, 2.75) is 32.8 Å². The normalized spacial score (nSPS) is 13.5. The Labute approximate surface area is 167 Å². The summed E-state index contributed by atoms with van der Waals surface area (Å²) in [5.41, 5.74) is 1.69. The van der Waals surface area contributed by atoms with Crippen molar-refractivity contribution < 1.29 is 9.90 Å². The Bertz CT molecular complexity index is 788. The van der Waals surface area contributed by atoms with Gasteiger partial charge in [-0.05, 0) is 43.5 Å². The Morgan fingerprint density at radius 1 is 1.07 bits per heavy atom. The summed E-state index contributed by atoms with van der Waals surface area (Å²) >= 11 is 0. The smallest absolute Gasteiger partial charge is 0.246 e. The Balaban J connectivity index is 1.94. The number of aliphatic imine (C=N–C) groups is 1. The first-order valence-electron chi connectivity index (χ1n) is 9.63. The van der Waals surface area contributed by atoms with Crippen LogP contribution in [0.15, 0.2) is 59.6 Å². The van der Waals surface area contributed by atoms with Gasteiger partial charge in [-0.2, -0.15) is 0 Å². The zero-order valence-electron chi connectivity index (χ0n) is 16.8. The molecular formula is C22H30N4O2. The predicted molar refractivity (Wildman–Crippen MR) is 114 cm³/mol. The fraction of sp³-hybridized carbons (Fsp3) is 0.364. The van der Waals surface area contributed by atoms with Gasteiger partial charge in [0.05, 0.1) is 6.54 Å². The number of carbonyl (C=O) groups excluding carboxylic acids is 1. The number of aliphatic hydroxyl groups is 1. The Hall–Kier alpha value is -2.86. The topological polar surface area (TPSA) is 85.8 Å². The summed E-state index contributed by atoms with van der Waals surface area (Å²) < 4.78 is 0. The number of carbonyl (C=O) groups is 1. The van der Waals surface area contributed by atoms with Gasteiger partial charge in [0, 0.05) is 12.2 Å². The molecule has 4 N–H and O–H groups in total. The first-order valence-corrected chi connectivity index (χ1v) is 9.63. The van der Waals surface area contributed by atoms with Gasteiger partial charge >= 0.3 is 0 Å². The average Bonchev–Trinajstić information content (AvgIpc) is 2.71. The van der Waals surface area contributed by atoms with Crippen molar-refractivity contribution in [1.82, 2.24) is 10.6 Å². The van der Waals surface area contributed by atoms with Crippen LogP contribution in [-0.4, -0.2) is 36.6 Å². The van der Waals surface area contributed by atoms with E-state index in [9.17, 15) is 9.90 Å². The van der Waals surface area contributed by atoms with E-state index in [1.807, 2.05) is 61.5 Å². The molecule has 0 radical (unpaired) electrons. The molecule has 0 heterocycles. The molecule has 0 aromatic heterocycles. The first-order chi connectivity index (χ1) is 13.4. The van der Waals surface area contributed by atoms with Gasteiger partial charge in [0.15, 0.2) is 5.96 Å². The van der Waals surface area contributed by atoms with E-state index >= 15 is 0 Å². The van der Waals surface area contributed by atoms with E-state index in [0.717, 1.165) is 17.7 Å². The van der Waals surface area contributed by atoms with Crippen LogP contribution in [0.3, 0.4) is 0 Å². The zero-order valence-corrected chi connectivity index (χ0v) is 16.8. The second-order valence-electron chi connectivity index (χ2n) is 6.79. The molecule has 0 saturated heterocycles. The minimum atomic E-state index is -1.06. The molecule has 2 aromatic rings. The summed E-state index contributed by atoms with van der Waals surface area (Å²) in [5, 5.41) is 19.8. The number of amides is 1. The lowest BCUT2D eigenvalue weighted by Crippen LogP contribution is -2.44. The van der Waals surface area contributed by atoms with Gasteiger partial charge in [-0.1, -0.05) is 49.4 Å². The number of benzene rings is 2. The van der Waals surface area contributed by atoms with Crippen molar-refractivity contribution in [3.05, 3.63) is 65.7 Å². The maximum atomic E-state index is 12.2. The summed E-state index contributed by atoms with van der Waals surface area (Å²) in [6.07, 6.45) is 0.914. The molecule has 6 nitrogen and oxygen atoms in total. The molecule has 0 saturated carbocycles. The number of nitrogens with one attached hydrogen (secondary N) is 3. The van der Waals surface area contributed by atoms with Crippen molar-refractivity contribution >= 4 is 17.6 Å². The summed E-state index contributed by atoms with van der Waals surface area (Å²) in [5.74, 6) is 0.288. The van der Waals surface area contributed by atoms with Crippen LogP contribution in [0.4, 0.5) is 5.69 Å². The second-order valence-corrected chi connectivity index (χ2v) is 6.79. The Morgan fingerprint density at radius 2 is 1.82 bits per heavy atom. The fourth-order valence-corrected chi connectivity index (χ4v) is 2.72. The summed E-state index contributed by atoms with van der Waals surface area (Å²) in [4.78, 5) is 16.5. The van der Waals surface area contributed by atoms with Crippen LogP contribution < -0.4 is 16.0 Å². The minimum absolute atomic E-state index is 0.0147. The molecule has 0 bridgehead atoms. The lowest BCUT2D eigenvalue weighted by atomic mass is 9.96. The molecule has 150 valence electrons. The van der Waals surface area contributed by atoms with Crippen molar-refractivity contribution in [2.24, 2.45) is 4.99 Å². The van der Waals surface area contributed by atoms with Crippen LogP contribution >= 0.6 is 0 Å². The van der Waals surface area contributed by atoms with Gasteiger partial charge in [0.1, 0.15) is 12.1 Å². The van der Waals surface area contributed by atoms with Gasteiger partial charge in [0.25, 0.3) is 0 Å². The van der Waals surface area contributed by atoms with Crippen LogP contribution in [0, 0.1) is 0 Å². The van der Waals surface area contributed by atoms with Crippen molar-refractivity contribution in [1.29, 1.82) is 0 Å². The van der Waals surface area contributed by atoms with E-state index in [1.165, 1.54) is 5.56 Å². The molecule has 0 aliphatic heterocycles. The molecular weight excluding hydrogens is 352 g/mol. The van der Waals surface area contributed by atoms with Gasteiger partial charge in [-0.15, -0.1) is 0 Å². The van der Waals surface area contributed by atoms with Crippen molar-refractivity contribution in [3.63, 3.8) is 0 Å². The van der Waals surface area contributed by atoms with Gasteiger partial charge in [-0.25, -0.2) is 4.99 Å². The Kier molecular flexibility index (Phi) is 8.02. The van der Waals surface area contributed by atoms with Crippen LogP contribution in [0.1, 0.15) is 31.9 Å². The number of aryl methyl sites for hydroxylation is 1. The van der Waals surface area contributed by atoms with E-state index in [2.05, 4.69) is 27.9 Å². The zero-order chi connectivity index (χ0) is 20.4. The van der Waals surface area contributed by atoms with Crippen LogP contribution in [0.25, 0.3) is 0 Å². The van der Waals surface area contributed by atoms with E-state index in [-0.39, 0.29) is 19.0 Å². The minimum Gasteiger partial charge on any atom is -0.384 e. The number of rotatable bonds is 8. The summed E-state index contributed by atoms with van der Waals surface area (Å²) in [7, 11) is 0. The highest BCUT2D eigenvalue weighted by molar-refractivity contribution is 5.94. The van der Waals surface area contributed by atoms with E-state index in [0.29, 0.717) is 12.5 Å². The largest absolute Gasteiger partial charge is 0.384 e. The van der Waals surface area contributed by atoms with E-state index in [4.69, 9.17) is 0 Å². The van der Waals surface area contributed by atoms with E-state index in [1.54, 1.807) is 6.92 Å². The highest BCUT2D eigenvalue weighted by Gasteiger charge is 2.23. The highest BCUT2D eigenvalue weighted by atomic mass is 16.3. The standard InChI is InChI=1S/C22H30N4O2/c1-4-17-10-9-13-19(14-17)26-20(27)15-24-21(23-5-2)25-16-22(3,28)18-11-7-6-8-12-18/h6-14,28H,4-5,15-16H2,1-3H3,(H,26,27)(H2,23,24,25). The lowest BCUT2D eigenvalue weighted by molar-refractivity contribution is -0.114. The molecule has 0 spiro atoms. The van der Waals surface area contributed by atoms with Crippen LogP contribution in [0.2, 0.25) is 0 Å². The van der Waals surface area contributed by atoms with Crippen LogP contribution in [-0.2, 0) is 16.8 Å². The summed E-state index contributed by atoms with van der Waals surface area (Å²) in [6, 6.07) is 17.2. The molecule has 2 rings (SSSR count). The van der Waals surface area contributed by atoms with Crippen LogP contribution in [0.5, 0.6) is 0 Å². The van der Waals surface area contributed by atoms with Gasteiger partial charge in [-0.3, -0.25) is 4.79 Å². The third-order valence-electron chi connectivity index (χ3n) is 4.34. The molecule has 28 heavy (non-hydrogen) atoms. The maximum Gasteiger partial charge on any atom is 0.246 e. The molecule has 1 unspecified atom stereocenters. The van der Waals surface area contributed by atoms with Crippen molar-refractivity contribution in [3.8, 4) is 0 Å². The fourth-order valence-electron chi connectivity index (χ4n) is 2.72. The van der Waals surface area contributed by atoms with Gasteiger partial charge < -0.3 is 21.1 Å². The number of hydrogen-bond acceptors (Lipinski definition) is 3. The van der Waals surface area contributed by atoms with E-state index < -0.39 is 5.60 Å². The van der Waals surface area contributed by atoms with Gasteiger partial charge in [0.2, 0.25) is 5.91 Å². The molecule has 0 aliphatic carbocycles. The number of nitrogens with zero attached hydrogens (tertiary/aromatic N) is 1. The average molecular weight is 383 g/mol. The number of guanidine groups is 1. The maximum absolute atomic E-state index is 12.2. The summed E-state index contributed by atoms with van der Waals surface area (Å²) in [6.45, 7) is 6.67. The second kappa shape index (κ2) is 10.5.